The first-order valence-corrected chi connectivity index (χ1v) is 8.12. The van der Waals surface area contributed by atoms with Gasteiger partial charge in [0.25, 0.3) is 0 Å². The van der Waals surface area contributed by atoms with Crippen molar-refractivity contribution in [2.45, 2.75) is 19.9 Å². The average Bonchev–Trinajstić information content (AvgIpc) is 2.56. The maximum atomic E-state index is 12.0. The minimum atomic E-state index is -0.230. The summed E-state index contributed by atoms with van der Waals surface area (Å²) < 4.78 is 0. The number of nitrogens with zero attached hydrogens (tertiary/aromatic N) is 2. The Morgan fingerprint density at radius 2 is 1.75 bits per heavy atom. The summed E-state index contributed by atoms with van der Waals surface area (Å²) in [5.74, 6) is -0.395. The van der Waals surface area contributed by atoms with Gasteiger partial charge in [0, 0.05) is 38.8 Å². The first kappa shape index (κ1) is 18.2. The zero-order valence-electron chi connectivity index (χ0n) is 13.1. The van der Waals surface area contributed by atoms with Crippen molar-refractivity contribution in [3.05, 3.63) is 58.3 Å². The van der Waals surface area contributed by atoms with E-state index in [4.69, 9.17) is 23.2 Å². The number of anilines is 1. The van der Waals surface area contributed by atoms with Crippen molar-refractivity contribution < 1.29 is 9.59 Å². The smallest absolute Gasteiger partial charge is 0.223 e. The average molecular weight is 366 g/mol. The van der Waals surface area contributed by atoms with Crippen LogP contribution in [0.25, 0.3) is 0 Å². The summed E-state index contributed by atoms with van der Waals surface area (Å²) in [4.78, 5) is 29.3. The SMILES string of the molecule is CC(=O)N(CCC(=O)NCc1ccncc1)c1c(Cl)cccc1Cl. The van der Waals surface area contributed by atoms with Crippen LogP contribution in [-0.2, 0) is 16.1 Å². The van der Waals surface area contributed by atoms with Crippen LogP contribution in [0.1, 0.15) is 18.9 Å². The Morgan fingerprint density at radius 3 is 2.33 bits per heavy atom. The number of hydrogen-bond acceptors (Lipinski definition) is 3. The van der Waals surface area contributed by atoms with Crippen molar-refractivity contribution in [1.29, 1.82) is 0 Å². The van der Waals surface area contributed by atoms with E-state index in [0.29, 0.717) is 22.3 Å². The highest BCUT2D eigenvalue weighted by Gasteiger charge is 2.19. The van der Waals surface area contributed by atoms with Gasteiger partial charge in [-0.1, -0.05) is 29.3 Å². The Kier molecular flexibility index (Phi) is 6.58. The van der Waals surface area contributed by atoms with Gasteiger partial charge in [-0.25, -0.2) is 0 Å². The standard InChI is InChI=1S/C17H17Cl2N3O2/c1-12(23)22(17-14(18)3-2-4-15(17)19)10-7-16(24)21-11-13-5-8-20-9-6-13/h2-6,8-9H,7,10-11H2,1H3,(H,21,24). The molecule has 126 valence electrons. The van der Waals surface area contributed by atoms with Crippen molar-refractivity contribution >= 4 is 40.7 Å². The number of benzene rings is 1. The van der Waals surface area contributed by atoms with Crippen LogP contribution in [-0.4, -0.2) is 23.3 Å². The second-order valence-electron chi connectivity index (χ2n) is 5.12. The zero-order valence-corrected chi connectivity index (χ0v) is 14.6. The highest BCUT2D eigenvalue weighted by molar-refractivity contribution is 6.39. The van der Waals surface area contributed by atoms with Gasteiger partial charge in [-0.2, -0.15) is 0 Å². The van der Waals surface area contributed by atoms with E-state index in [1.165, 1.54) is 11.8 Å². The third-order valence-corrected chi connectivity index (χ3v) is 4.00. The molecule has 2 aromatic rings. The molecule has 24 heavy (non-hydrogen) atoms. The van der Waals surface area contributed by atoms with Crippen LogP contribution >= 0.6 is 23.2 Å². The van der Waals surface area contributed by atoms with Gasteiger partial charge in [0.15, 0.2) is 0 Å². The van der Waals surface area contributed by atoms with E-state index in [-0.39, 0.29) is 24.8 Å². The van der Waals surface area contributed by atoms with Gasteiger partial charge < -0.3 is 10.2 Å². The topological polar surface area (TPSA) is 62.3 Å². The number of amides is 2. The largest absolute Gasteiger partial charge is 0.352 e. The minimum Gasteiger partial charge on any atom is -0.352 e. The molecule has 0 aliphatic heterocycles. The summed E-state index contributed by atoms with van der Waals surface area (Å²) in [6.07, 6.45) is 3.48. The van der Waals surface area contributed by atoms with Crippen LogP contribution in [0.2, 0.25) is 10.0 Å². The van der Waals surface area contributed by atoms with Crippen LogP contribution in [0, 0.1) is 0 Å². The molecular weight excluding hydrogens is 349 g/mol. The molecule has 0 bridgehead atoms. The summed E-state index contributed by atoms with van der Waals surface area (Å²) in [7, 11) is 0. The fraction of sp³-hybridized carbons (Fsp3) is 0.235. The number of para-hydroxylation sites is 1. The lowest BCUT2D eigenvalue weighted by atomic mass is 10.2. The Balaban J connectivity index is 1.97. The van der Waals surface area contributed by atoms with E-state index < -0.39 is 0 Å². The zero-order chi connectivity index (χ0) is 17.5. The van der Waals surface area contributed by atoms with Crippen LogP contribution in [0.4, 0.5) is 5.69 Å². The maximum absolute atomic E-state index is 12.0. The molecule has 2 rings (SSSR count). The summed E-state index contributed by atoms with van der Waals surface area (Å²) in [6, 6.07) is 8.66. The maximum Gasteiger partial charge on any atom is 0.223 e. The van der Waals surface area contributed by atoms with E-state index in [2.05, 4.69) is 10.3 Å². The Hall–Kier alpha value is -2.11. The number of carbonyl (C=O) groups is 2. The molecule has 0 saturated heterocycles. The molecule has 1 aromatic carbocycles. The monoisotopic (exact) mass is 365 g/mol. The lowest BCUT2D eigenvalue weighted by molar-refractivity contribution is -0.121. The van der Waals surface area contributed by atoms with Crippen molar-refractivity contribution in [2.75, 3.05) is 11.4 Å². The normalized spacial score (nSPS) is 10.3. The van der Waals surface area contributed by atoms with Crippen molar-refractivity contribution in [3.8, 4) is 0 Å². The molecule has 0 saturated carbocycles. The number of aromatic nitrogens is 1. The lowest BCUT2D eigenvalue weighted by Gasteiger charge is -2.23. The van der Waals surface area contributed by atoms with Gasteiger partial charge in [-0.15, -0.1) is 0 Å². The molecule has 5 nitrogen and oxygen atoms in total. The van der Waals surface area contributed by atoms with E-state index in [0.717, 1.165) is 5.56 Å². The summed E-state index contributed by atoms with van der Waals surface area (Å²) in [5.41, 5.74) is 1.38. The number of halogens is 2. The summed E-state index contributed by atoms with van der Waals surface area (Å²) in [6.45, 7) is 2.02. The third kappa shape index (κ3) is 4.94. The summed E-state index contributed by atoms with van der Waals surface area (Å²) >= 11 is 12.3. The number of rotatable bonds is 6. The third-order valence-electron chi connectivity index (χ3n) is 3.39. The van der Waals surface area contributed by atoms with E-state index in [9.17, 15) is 9.59 Å². The molecule has 1 aromatic heterocycles. The quantitative estimate of drug-likeness (QED) is 0.852. The molecule has 0 unspecified atom stereocenters. The lowest BCUT2D eigenvalue weighted by Crippen LogP contribution is -2.34. The molecule has 0 radical (unpaired) electrons. The van der Waals surface area contributed by atoms with Gasteiger partial charge >= 0.3 is 0 Å². The molecular formula is C17H17Cl2N3O2. The Bertz CT molecular complexity index is 703. The van der Waals surface area contributed by atoms with Gasteiger partial charge in [-0.3, -0.25) is 14.6 Å². The molecule has 2 amide bonds. The van der Waals surface area contributed by atoms with Crippen LogP contribution < -0.4 is 10.2 Å². The Labute approximate surface area is 150 Å². The molecule has 0 atom stereocenters. The van der Waals surface area contributed by atoms with Crippen molar-refractivity contribution in [2.24, 2.45) is 0 Å². The van der Waals surface area contributed by atoms with Gasteiger partial charge in [-0.05, 0) is 29.8 Å². The highest BCUT2D eigenvalue weighted by atomic mass is 35.5. The first-order valence-electron chi connectivity index (χ1n) is 7.36. The first-order chi connectivity index (χ1) is 11.5. The number of hydrogen-bond donors (Lipinski definition) is 1. The fourth-order valence-corrected chi connectivity index (χ4v) is 2.78. The molecule has 1 heterocycles. The van der Waals surface area contributed by atoms with E-state index in [1.807, 2.05) is 12.1 Å². The van der Waals surface area contributed by atoms with Crippen LogP contribution in [0.3, 0.4) is 0 Å². The van der Waals surface area contributed by atoms with Gasteiger partial charge in [0.05, 0.1) is 15.7 Å². The molecule has 1 N–H and O–H groups in total. The number of carbonyl (C=O) groups excluding carboxylic acids is 2. The van der Waals surface area contributed by atoms with Crippen molar-refractivity contribution in [3.63, 3.8) is 0 Å². The second kappa shape index (κ2) is 8.66. The fourth-order valence-electron chi connectivity index (χ4n) is 2.18. The van der Waals surface area contributed by atoms with Gasteiger partial charge in [0.2, 0.25) is 11.8 Å². The summed E-state index contributed by atoms with van der Waals surface area (Å²) in [5, 5.41) is 3.54. The highest BCUT2D eigenvalue weighted by Crippen LogP contribution is 2.33. The number of nitrogens with one attached hydrogen (secondary N) is 1. The molecule has 7 heteroatoms. The van der Waals surface area contributed by atoms with Crippen LogP contribution in [0.5, 0.6) is 0 Å². The van der Waals surface area contributed by atoms with Gasteiger partial charge in [0.1, 0.15) is 0 Å². The molecule has 0 aliphatic rings. The minimum absolute atomic E-state index is 0.145. The molecule has 0 fully saturated rings. The van der Waals surface area contributed by atoms with Crippen LogP contribution in [0.15, 0.2) is 42.7 Å². The predicted molar refractivity (Wildman–Crippen MR) is 95.2 cm³/mol. The van der Waals surface area contributed by atoms with E-state index >= 15 is 0 Å². The Morgan fingerprint density at radius 1 is 1.12 bits per heavy atom. The number of pyridine rings is 1. The molecule has 0 spiro atoms. The van der Waals surface area contributed by atoms with Crippen molar-refractivity contribution in [1.82, 2.24) is 10.3 Å². The van der Waals surface area contributed by atoms with E-state index in [1.54, 1.807) is 30.6 Å². The second-order valence-corrected chi connectivity index (χ2v) is 5.94. The molecule has 0 aliphatic carbocycles. The predicted octanol–water partition coefficient (Wildman–Crippen LogP) is 3.45.